The fourth-order valence-electron chi connectivity index (χ4n) is 4.69. The Morgan fingerprint density at radius 3 is 2.36 bits per heavy atom. The number of benzene rings is 2. The van der Waals surface area contributed by atoms with Gasteiger partial charge in [0.25, 0.3) is 0 Å². The first-order valence-corrected chi connectivity index (χ1v) is 13.2. The third-order valence-corrected chi connectivity index (χ3v) is 6.72. The van der Waals surface area contributed by atoms with Crippen LogP contribution in [0.4, 0.5) is 0 Å². The van der Waals surface area contributed by atoms with Crippen molar-refractivity contribution in [2.45, 2.75) is 59.5 Å². The number of carboxylic acids is 1. The monoisotopic (exact) mass is 526 g/mol. The summed E-state index contributed by atoms with van der Waals surface area (Å²) in [6.07, 6.45) is 3.72. The summed E-state index contributed by atoms with van der Waals surface area (Å²) in [6.45, 7) is 7.93. The van der Waals surface area contributed by atoms with Crippen LogP contribution in [0.25, 0.3) is 33.8 Å². The summed E-state index contributed by atoms with van der Waals surface area (Å²) in [4.78, 5) is 31.2. The van der Waals surface area contributed by atoms with Crippen LogP contribution >= 0.6 is 0 Å². The highest BCUT2D eigenvalue weighted by Gasteiger charge is 2.32. The Balaban J connectivity index is 1.69. The van der Waals surface area contributed by atoms with E-state index < -0.39 is 12.0 Å². The third kappa shape index (κ3) is 6.54. The number of tetrazole rings is 1. The normalized spacial score (nSPS) is 11.9. The first-order chi connectivity index (χ1) is 18.8. The van der Waals surface area contributed by atoms with E-state index in [1.165, 1.54) is 4.90 Å². The van der Waals surface area contributed by atoms with Crippen LogP contribution in [0.3, 0.4) is 0 Å². The standard InChI is InChI=1S/C30H34N6O3/c1-5-6-7-27(37)36(28(19(2)3)30(38)39)18-21-8-10-22(11-9-21)25-17-23(26-16-20(4)14-15-31-26)12-13-24(25)29-32-34-35-33-29/h8-17,19,28H,5-7,18H2,1-4H3,(H,38,39)(H,32,33,34,35). The first kappa shape index (κ1) is 27.6. The minimum atomic E-state index is -0.988. The van der Waals surface area contributed by atoms with Crippen molar-refractivity contribution in [3.8, 4) is 33.8 Å². The molecule has 39 heavy (non-hydrogen) atoms. The van der Waals surface area contributed by atoms with Crippen LogP contribution in [-0.4, -0.2) is 53.5 Å². The zero-order valence-electron chi connectivity index (χ0n) is 22.8. The molecule has 4 aromatic rings. The Hall–Kier alpha value is -4.40. The van der Waals surface area contributed by atoms with E-state index in [0.717, 1.165) is 51.9 Å². The van der Waals surface area contributed by atoms with Gasteiger partial charge in [-0.3, -0.25) is 9.78 Å². The van der Waals surface area contributed by atoms with Crippen LogP contribution in [0, 0.1) is 12.8 Å². The Bertz CT molecular complexity index is 1420. The summed E-state index contributed by atoms with van der Waals surface area (Å²) >= 11 is 0. The number of carbonyl (C=O) groups is 2. The largest absolute Gasteiger partial charge is 0.480 e. The summed E-state index contributed by atoms with van der Waals surface area (Å²) in [7, 11) is 0. The summed E-state index contributed by atoms with van der Waals surface area (Å²) < 4.78 is 0. The number of carboxylic acid groups (broad SMARTS) is 1. The number of pyridine rings is 1. The van der Waals surface area contributed by atoms with Gasteiger partial charge in [-0.05, 0) is 71.0 Å². The summed E-state index contributed by atoms with van der Waals surface area (Å²) in [5, 5.41) is 24.5. The van der Waals surface area contributed by atoms with Crippen molar-refractivity contribution in [1.82, 2.24) is 30.5 Å². The molecule has 2 heterocycles. The van der Waals surface area contributed by atoms with E-state index in [9.17, 15) is 14.7 Å². The van der Waals surface area contributed by atoms with Crippen molar-refractivity contribution in [3.63, 3.8) is 0 Å². The smallest absolute Gasteiger partial charge is 0.326 e. The zero-order valence-corrected chi connectivity index (χ0v) is 22.8. The number of amides is 1. The molecule has 1 amide bonds. The van der Waals surface area contributed by atoms with E-state index in [2.05, 4.69) is 31.7 Å². The van der Waals surface area contributed by atoms with E-state index in [-0.39, 0.29) is 18.4 Å². The Morgan fingerprint density at radius 1 is 1.00 bits per heavy atom. The van der Waals surface area contributed by atoms with Gasteiger partial charge >= 0.3 is 5.97 Å². The Kier molecular flexibility index (Phi) is 8.81. The maximum Gasteiger partial charge on any atom is 0.326 e. The second-order valence-corrected chi connectivity index (χ2v) is 10.1. The van der Waals surface area contributed by atoms with Gasteiger partial charge in [0, 0.05) is 30.3 Å². The molecular weight excluding hydrogens is 492 g/mol. The van der Waals surface area contributed by atoms with Gasteiger partial charge in [0.15, 0.2) is 0 Å². The van der Waals surface area contributed by atoms with Crippen LogP contribution in [-0.2, 0) is 16.1 Å². The lowest BCUT2D eigenvalue weighted by Gasteiger charge is -2.32. The van der Waals surface area contributed by atoms with Gasteiger partial charge in [0.1, 0.15) is 6.04 Å². The average molecular weight is 527 g/mol. The number of unbranched alkanes of at least 4 members (excludes halogenated alkanes) is 1. The number of carbonyl (C=O) groups excluding carboxylic acids is 1. The highest BCUT2D eigenvalue weighted by molar-refractivity contribution is 5.85. The Labute approximate surface area is 228 Å². The minimum absolute atomic E-state index is 0.139. The van der Waals surface area contributed by atoms with E-state index >= 15 is 0 Å². The molecule has 4 rings (SSSR count). The predicted molar refractivity (Wildman–Crippen MR) is 149 cm³/mol. The molecule has 2 aromatic heterocycles. The van der Waals surface area contributed by atoms with Crippen LogP contribution in [0.2, 0.25) is 0 Å². The van der Waals surface area contributed by atoms with Crippen LogP contribution in [0.15, 0.2) is 60.8 Å². The van der Waals surface area contributed by atoms with Crippen molar-refractivity contribution >= 4 is 11.9 Å². The molecule has 0 aliphatic heterocycles. The molecule has 9 heteroatoms. The van der Waals surface area contributed by atoms with E-state index in [1.54, 1.807) is 6.20 Å². The number of aryl methyl sites for hydroxylation is 1. The van der Waals surface area contributed by atoms with E-state index in [4.69, 9.17) is 0 Å². The third-order valence-electron chi connectivity index (χ3n) is 6.72. The van der Waals surface area contributed by atoms with Crippen LogP contribution in [0.1, 0.15) is 51.2 Å². The zero-order chi connectivity index (χ0) is 27.9. The molecule has 2 aromatic carbocycles. The topological polar surface area (TPSA) is 125 Å². The number of hydrogen-bond donors (Lipinski definition) is 2. The van der Waals surface area contributed by atoms with Gasteiger partial charge in [-0.1, -0.05) is 57.5 Å². The average Bonchev–Trinajstić information content (AvgIpc) is 3.46. The molecule has 0 saturated heterocycles. The van der Waals surface area contributed by atoms with Crippen molar-refractivity contribution < 1.29 is 14.7 Å². The minimum Gasteiger partial charge on any atom is -0.480 e. The molecule has 1 atom stereocenters. The number of nitrogens with one attached hydrogen (secondary N) is 1. The molecule has 0 bridgehead atoms. The highest BCUT2D eigenvalue weighted by Crippen LogP contribution is 2.34. The molecule has 1 unspecified atom stereocenters. The lowest BCUT2D eigenvalue weighted by atomic mass is 9.94. The fourth-order valence-corrected chi connectivity index (χ4v) is 4.69. The molecule has 0 spiro atoms. The van der Waals surface area contributed by atoms with Crippen molar-refractivity contribution in [1.29, 1.82) is 0 Å². The second-order valence-electron chi connectivity index (χ2n) is 10.1. The lowest BCUT2D eigenvalue weighted by Crippen LogP contribution is -2.47. The fraction of sp³-hybridized carbons (Fsp3) is 0.333. The first-order valence-electron chi connectivity index (χ1n) is 13.2. The summed E-state index contributed by atoms with van der Waals surface area (Å²) in [5.74, 6) is -0.868. The molecule has 0 aliphatic carbocycles. The number of nitrogens with zero attached hydrogens (tertiary/aromatic N) is 5. The maximum atomic E-state index is 13.1. The molecule has 0 aliphatic rings. The summed E-state index contributed by atoms with van der Waals surface area (Å²) in [6, 6.07) is 16.9. The van der Waals surface area contributed by atoms with Crippen LogP contribution < -0.4 is 0 Å². The number of H-pyrrole nitrogens is 1. The second kappa shape index (κ2) is 12.4. The lowest BCUT2D eigenvalue weighted by molar-refractivity contribution is -0.153. The molecular formula is C30H34N6O3. The molecule has 0 fully saturated rings. The highest BCUT2D eigenvalue weighted by atomic mass is 16.4. The predicted octanol–water partition coefficient (Wildman–Crippen LogP) is 5.53. The number of aromatic nitrogens is 5. The van der Waals surface area contributed by atoms with Crippen LogP contribution in [0.5, 0.6) is 0 Å². The molecule has 0 radical (unpaired) electrons. The molecule has 9 nitrogen and oxygen atoms in total. The SMILES string of the molecule is CCCCC(=O)N(Cc1ccc(-c2cc(-c3cc(C)ccn3)ccc2-c2nn[nH]n2)cc1)C(C(=O)O)C(C)C. The number of rotatable bonds is 11. The van der Waals surface area contributed by atoms with E-state index in [0.29, 0.717) is 12.2 Å². The van der Waals surface area contributed by atoms with Gasteiger partial charge in [-0.2, -0.15) is 5.21 Å². The van der Waals surface area contributed by atoms with Gasteiger partial charge < -0.3 is 10.0 Å². The summed E-state index contributed by atoms with van der Waals surface area (Å²) in [5.41, 5.74) is 6.44. The van der Waals surface area contributed by atoms with Crippen molar-refractivity contribution in [3.05, 3.63) is 71.9 Å². The van der Waals surface area contributed by atoms with Gasteiger partial charge in [0.2, 0.25) is 11.7 Å². The number of hydrogen-bond acceptors (Lipinski definition) is 6. The Morgan fingerprint density at radius 2 is 1.74 bits per heavy atom. The van der Waals surface area contributed by atoms with Crippen molar-refractivity contribution in [2.24, 2.45) is 5.92 Å². The molecule has 2 N–H and O–H groups in total. The van der Waals surface area contributed by atoms with Gasteiger partial charge in [-0.25, -0.2) is 4.79 Å². The molecule has 0 saturated carbocycles. The number of aliphatic carboxylic acids is 1. The number of aromatic amines is 1. The van der Waals surface area contributed by atoms with Gasteiger partial charge in [0.05, 0.1) is 5.69 Å². The van der Waals surface area contributed by atoms with E-state index in [1.807, 2.05) is 76.2 Å². The molecule has 202 valence electrons. The quantitative estimate of drug-likeness (QED) is 0.263. The van der Waals surface area contributed by atoms with Crippen molar-refractivity contribution in [2.75, 3.05) is 0 Å². The maximum absolute atomic E-state index is 13.1. The van der Waals surface area contributed by atoms with Gasteiger partial charge in [-0.15, -0.1) is 10.2 Å².